The lowest BCUT2D eigenvalue weighted by atomic mass is 10.0. The van der Waals surface area contributed by atoms with Crippen molar-refractivity contribution in [1.29, 1.82) is 0 Å². The summed E-state index contributed by atoms with van der Waals surface area (Å²) in [6.45, 7) is 3.51. The standard InChI is InChI=1S/C24H26ClN3O4/c1-2-32-24(31)16-3-9-20(10-4-16)28-22(29)15-21(23(28)30)27-13-11-19(12-14-27)26-18-7-5-17(25)6-8-18/h3-10,19,21,26H,2,11-15H2,1H3. The van der Waals surface area contributed by atoms with Gasteiger partial charge in [-0.2, -0.15) is 0 Å². The van der Waals surface area contributed by atoms with Crippen molar-refractivity contribution < 1.29 is 19.1 Å². The molecule has 2 aliphatic rings. The van der Waals surface area contributed by atoms with Gasteiger partial charge in [0.05, 0.1) is 30.3 Å². The number of carbonyl (C=O) groups excluding carboxylic acids is 3. The molecule has 0 aromatic heterocycles. The summed E-state index contributed by atoms with van der Waals surface area (Å²) in [6, 6.07) is 13.9. The van der Waals surface area contributed by atoms with E-state index in [0.717, 1.165) is 31.6 Å². The fourth-order valence-corrected chi connectivity index (χ4v) is 4.40. The zero-order valence-corrected chi connectivity index (χ0v) is 18.7. The summed E-state index contributed by atoms with van der Waals surface area (Å²) in [5.41, 5.74) is 1.90. The van der Waals surface area contributed by atoms with Crippen LogP contribution in [0.4, 0.5) is 11.4 Å². The second-order valence-corrected chi connectivity index (χ2v) is 8.45. The molecule has 0 bridgehead atoms. The second kappa shape index (κ2) is 9.71. The van der Waals surface area contributed by atoms with Crippen LogP contribution in [-0.2, 0) is 14.3 Å². The van der Waals surface area contributed by atoms with Crippen LogP contribution >= 0.6 is 11.6 Å². The summed E-state index contributed by atoms with van der Waals surface area (Å²) < 4.78 is 4.98. The minimum Gasteiger partial charge on any atom is -0.462 e. The lowest BCUT2D eigenvalue weighted by molar-refractivity contribution is -0.123. The fourth-order valence-electron chi connectivity index (χ4n) is 4.27. The van der Waals surface area contributed by atoms with E-state index in [1.165, 1.54) is 4.90 Å². The number of nitrogens with one attached hydrogen (secondary N) is 1. The highest BCUT2D eigenvalue weighted by Crippen LogP contribution is 2.28. The molecule has 1 N–H and O–H groups in total. The number of rotatable bonds is 6. The number of esters is 1. The summed E-state index contributed by atoms with van der Waals surface area (Å²) >= 11 is 5.94. The number of amides is 2. The Balaban J connectivity index is 1.36. The maximum atomic E-state index is 13.1. The summed E-state index contributed by atoms with van der Waals surface area (Å²) in [7, 11) is 0. The van der Waals surface area contributed by atoms with Gasteiger partial charge in [-0.05, 0) is 68.3 Å². The van der Waals surface area contributed by atoms with Gasteiger partial charge in [-0.15, -0.1) is 0 Å². The molecule has 2 aliphatic heterocycles. The van der Waals surface area contributed by atoms with E-state index in [2.05, 4.69) is 10.2 Å². The number of hydrogen-bond acceptors (Lipinski definition) is 6. The first-order valence-corrected chi connectivity index (χ1v) is 11.2. The van der Waals surface area contributed by atoms with Crippen LogP contribution in [0.25, 0.3) is 0 Å². The van der Waals surface area contributed by atoms with E-state index < -0.39 is 12.0 Å². The molecule has 2 heterocycles. The van der Waals surface area contributed by atoms with Crippen molar-refractivity contribution in [1.82, 2.24) is 4.90 Å². The summed E-state index contributed by atoms with van der Waals surface area (Å²) in [6.07, 6.45) is 1.94. The van der Waals surface area contributed by atoms with E-state index in [1.54, 1.807) is 31.2 Å². The van der Waals surface area contributed by atoms with Crippen LogP contribution in [0.15, 0.2) is 48.5 Å². The third-order valence-electron chi connectivity index (χ3n) is 5.94. The van der Waals surface area contributed by atoms with Gasteiger partial charge in [-0.1, -0.05) is 11.6 Å². The molecule has 8 heteroatoms. The number of piperidine rings is 1. The molecule has 0 saturated carbocycles. The maximum Gasteiger partial charge on any atom is 0.338 e. The van der Waals surface area contributed by atoms with Crippen molar-refractivity contribution in [3.63, 3.8) is 0 Å². The van der Waals surface area contributed by atoms with Crippen molar-refractivity contribution >= 4 is 40.8 Å². The number of halogens is 1. The Morgan fingerprint density at radius 2 is 1.72 bits per heavy atom. The van der Waals surface area contributed by atoms with Gasteiger partial charge in [0.15, 0.2) is 0 Å². The quantitative estimate of drug-likeness (QED) is 0.528. The average molecular weight is 456 g/mol. The number of hydrogen-bond donors (Lipinski definition) is 1. The van der Waals surface area contributed by atoms with E-state index in [1.807, 2.05) is 24.3 Å². The van der Waals surface area contributed by atoms with Crippen LogP contribution < -0.4 is 10.2 Å². The van der Waals surface area contributed by atoms with Crippen molar-refractivity contribution in [3.05, 3.63) is 59.1 Å². The molecule has 0 aliphatic carbocycles. The van der Waals surface area contributed by atoms with Gasteiger partial charge in [0.1, 0.15) is 0 Å². The number of anilines is 2. The fraction of sp³-hybridized carbons (Fsp3) is 0.375. The molecular formula is C24H26ClN3O4. The number of likely N-dealkylation sites (tertiary alicyclic amines) is 1. The molecular weight excluding hydrogens is 430 g/mol. The first kappa shape index (κ1) is 22.3. The highest BCUT2D eigenvalue weighted by atomic mass is 35.5. The van der Waals surface area contributed by atoms with Gasteiger partial charge in [0.2, 0.25) is 5.91 Å². The highest BCUT2D eigenvalue weighted by molar-refractivity contribution is 6.30. The third kappa shape index (κ3) is 4.79. The Labute approximate surface area is 192 Å². The second-order valence-electron chi connectivity index (χ2n) is 8.02. The predicted molar refractivity (Wildman–Crippen MR) is 123 cm³/mol. The molecule has 0 spiro atoms. The molecule has 2 aromatic rings. The van der Waals surface area contributed by atoms with Crippen LogP contribution in [-0.4, -0.2) is 54.5 Å². The third-order valence-corrected chi connectivity index (χ3v) is 6.20. The predicted octanol–water partition coefficient (Wildman–Crippen LogP) is 3.73. The van der Waals surface area contributed by atoms with E-state index in [9.17, 15) is 14.4 Å². The SMILES string of the molecule is CCOC(=O)c1ccc(N2C(=O)CC(N3CCC(Nc4ccc(Cl)cc4)CC3)C2=O)cc1. The minimum absolute atomic E-state index is 0.174. The molecule has 2 fully saturated rings. The topological polar surface area (TPSA) is 79.0 Å². The van der Waals surface area contributed by atoms with Gasteiger partial charge in [-0.25, -0.2) is 9.69 Å². The Kier molecular flexibility index (Phi) is 6.77. The van der Waals surface area contributed by atoms with Crippen LogP contribution in [0.5, 0.6) is 0 Å². The Morgan fingerprint density at radius 3 is 2.34 bits per heavy atom. The number of nitrogens with zero attached hydrogens (tertiary/aromatic N) is 2. The maximum absolute atomic E-state index is 13.1. The molecule has 2 saturated heterocycles. The molecule has 0 radical (unpaired) electrons. The van der Waals surface area contributed by atoms with Crippen molar-refractivity contribution in [2.45, 2.75) is 38.3 Å². The molecule has 168 valence electrons. The van der Waals surface area contributed by atoms with Crippen LogP contribution in [0.2, 0.25) is 5.02 Å². The van der Waals surface area contributed by atoms with E-state index >= 15 is 0 Å². The average Bonchev–Trinajstić information content (AvgIpc) is 3.10. The zero-order valence-electron chi connectivity index (χ0n) is 17.9. The number of imide groups is 1. The Hall–Kier alpha value is -2.90. The van der Waals surface area contributed by atoms with E-state index in [0.29, 0.717) is 22.3 Å². The Morgan fingerprint density at radius 1 is 1.06 bits per heavy atom. The molecule has 7 nitrogen and oxygen atoms in total. The molecule has 32 heavy (non-hydrogen) atoms. The lowest BCUT2D eigenvalue weighted by Gasteiger charge is -2.35. The number of carbonyl (C=O) groups is 3. The molecule has 2 amide bonds. The molecule has 4 rings (SSSR count). The first-order valence-electron chi connectivity index (χ1n) is 10.9. The highest BCUT2D eigenvalue weighted by Gasteiger charge is 2.43. The van der Waals surface area contributed by atoms with Crippen LogP contribution in [0.3, 0.4) is 0 Å². The normalized spacial score (nSPS) is 19.9. The number of benzene rings is 2. The minimum atomic E-state index is -0.441. The van der Waals surface area contributed by atoms with Crippen molar-refractivity contribution in [2.75, 3.05) is 29.9 Å². The number of ether oxygens (including phenoxy) is 1. The Bertz CT molecular complexity index is 985. The summed E-state index contributed by atoms with van der Waals surface area (Å²) in [5, 5.41) is 4.22. The van der Waals surface area contributed by atoms with Gasteiger partial charge < -0.3 is 10.1 Å². The van der Waals surface area contributed by atoms with E-state index in [4.69, 9.17) is 16.3 Å². The lowest BCUT2D eigenvalue weighted by Crippen LogP contribution is -2.48. The monoisotopic (exact) mass is 455 g/mol. The van der Waals surface area contributed by atoms with Crippen LogP contribution in [0, 0.1) is 0 Å². The van der Waals surface area contributed by atoms with Crippen LogP contribution in [0.1, 0.15) is 36.5 Å². The first-order chi connectivity index (χ1) is 15.5. The van der Waals surface area contributed by atoms with Gasteiger partial charge >= 0.3 is 5.97 Å². The summed E-state index contributed by atoms with van der Waals surface area (Å²) in [4.78, 5) is 40.9. The largest absolute Gasteiger partial charge is 0.462 e. The molecule has 2 aromatic carbocycles. The van der Waals surface area contributed by atoms with Gasteiger partial charge in [0.25, 0.3) is 5.91 Å². The summed E-state index contributed by atoms with van der Waals surface area (Å²) in [5.74, 6) is -0.848. The van der Waals surface area contributed by atoms with Gasteiger partial charge in [0, 0.05) is 29.8 Å². The zero-order chi connectivity index (χ0) is 22.7. The van der Waals surface area contributed by atoms with Crippen molar-refractivity contribution in [3.8, 4) is 0 Å². The molecule has 1 atom stereocenters. The van der Waals surface area contributed by atoms with Gasteiger partial charge in [-0.3, -0.25) is 14.5 Å². The van der Waals surface area contributed by atoms with E-state index in [-0.39, 0.29) is 24.8 Å². The van der Waals surface area contributed by atoms with Crippen molar-refractivity contribution in [2.24, 2.45) is 0 Å². The smallest absolute Gasteiger partial charge is 0.338 e. The molecule has 1 unspecified atom stereocenters.